The molecule has 0 heterocycles. The maximum atomic E-state index is 11.6. The molecule has 0 saturated carbocycles. The van der Waals surface area contributed by atoms with Crippen LogP contribution in [0, 0.1) is 5.41 Å². The molecule has 0 fully saturated rings. The summed E-state index contributed by atoms with van der Waals surface area (Å²) < 4.78 is 0. The number of urea groups is 1. The monoisotopic (exact) mass is 306 g/mol. The molecule has 0 radical (unpaired) electrons. The zero-order chi connectivity index (χ0) is 16.4. The molecule has 1 rings (SSSR count). The Morgan fingerprint density at radius 1 is 1.14 bits per heavy atom. The van der Waals surface area contributed by atoms with E-state index in [0.29, 0.717) is 6.54 Å². The summed E-state index contributed by atoms with van der Waals surface area (Å²) in [6.45, 7) is 4.96. The third kappa shape index (κ3) is 8.29. The lowest BCUT2D eigenvalue weighted by Gasteiger charge is -2.25. The highest BCUT2D eigenvalue weighted by Gasteiger charge is 2.18. The van der Waals surface area contributed by atoms with Crippen molar-refractivity contribution in [3.05, 3.63) is 35.9 Å². The second-order valence-corrected chi connectivity index (χ2v) is 6.26. The van der Waals surface area contributed by atoms with Gasteiger partial charge in [-0.3, -0.25) is 4.79 Å². The van der Waals surface area contributed by atoms with Crippen molar-refractivity contribution in [1.29, 1.82) is 0 Å². The van der Waals surface area contributed by atoms with E-state index in [0.717, 1.165) is 19.3 Å². The standard InChI is InChI=1S/C17H26N2O3/c1-17(2,11-6-9-14-7-4-3-5-8-14)13-19-16(22)18-12-10-15(20)21/h3-5,7-8H,6,9-13H2,1-2H3,(H,20,21)(H2,18,19,22). The summed E-state index contributed by atoms with van der Waals surface area (Å²) in [4.78, 5) is 21.9. The number of hydrogen-bond donors (Lipinski definition) is 3. The molecule has 0 aliphatic rings. The molecule has 1 aromatic carbocycles. The zero-order valence-corrected chi connectivity index (χ0v) is 13.4. The maximum absolute atomic E-state index is 11.6. The Kier molecular flexibility index (Phi) is 7.43. The van der Waals surface area contributed by atoms with E-state index in [9.17, 15) is 9.59 Å². The minimum atomic E-state index is -0.915. The van der Waals surface area contributed by atoms with E-state index in [1.807, 2.05) is 18.2 Å². The van der Waals surface area contributed by atoms with Crippen molar-refractivity contribution in [2.45, 2.75) is 39.5 Å². The number of benzene rings is 1. The quantitative estimate of drug-likeness (QED) is 0.656. The van der Waals surface area contributed by atoms with Gasteiger partial charge in [0.25, 0.3) is 0 Å². The average molecular weight is 306 g/mol. The molecule has 22 heavy (non-hydrogen) atoms. The molecule has 1 aromatic rings. The van der Waals surface area contributed by atoms with E-state index in [4.69, 9.17) is 5.11 Å². The van der Waals surface area contributed by atoms with Gasteiger partial charge in [-0.15, -0.1) is 0 Å². The van der Waals surface area contributed by atoms with Gasteiger partial charge in [0.05, 0.1) is 6.42 Å². The topological polar surface area (TPSA) is 78.4 Å². The highest BCUT2D eigenvalue weighted by Crippen LogP contribution is 2.22. The number of nitrogens with one attached hydrogen (secondary N) is 2. The van der Waals surface area contributed by atoms with Crippen molar-refractivity contribution in [1.82, 2.24) is 10.6 Å². The van der Waals surface area contributed by atoms with Crippen LogP contribution < -0.4 is 10.6 Å². The first-order valence-electron chi connectivity index (χ1n) is 7.66. The molecular weight excluding hydrogens is 280 g/mol. The van der Waals surface area contributed by atoms with Crippen molar-refractivity contribution in [2.24, 2.45) is 5.41 Å². The zero-order valence-electron chi connectivity index (χ0n) is 13.4. The first kappa shape index (κ1) is 18.0. The Balaban J connectivity index is 2.19. The van der Waals surface area contributed by atoms with Crippen molar-refractivity contribution in [3.8, 4) is 0 Å². The number of carboxylic acids is 1. The van der Waals surface area contributed by atoms with Gasteiger partial charge in [0, 0.05) is 13.1 Å². The summed E-state index contributed by atoms with van der Waals surface area (Å²) in [6, 6.07) is 10.0. The highest BCUT2D eigenvalue weighted by molar-refractivity contribution is 5.74. The lowest BCUT2D eigenvalue weighted by atomic mass is 9.86. The highest BCUT2D eigenvalue weighted by atomic mass is 16.4. The Morgan fingerprint density at radius 2 is 1.82 bits per heavy atom. The summed E-state index contributed by atoms with van der Waals surface area (Å²) in [5, 5.41) is 13.8. The number of carbonyl (C=O) groups excluding carboxylic acids is 1. The fraction of sp³-hybridized carbons (Fsp3) is 0.529. The van der Waals surface area contributed by atoms with Gasteiger partial charge in [0.15, 0.2) is 0 Å². The summed E-state index contributed by atoms with van der Waals surface area (Å²) >= 11 is 0. The maximum Gasteiger partial charge on any atom is 0.314 e. The molecule has 0 bridgehead atoms. The van der Waals surface area contributed by atoms with Crippen LogP contribution in [0.1, 0.15) is 38.7 Å². The van der Waals surface area contributed by atoms with E-state index >= 15 is 0 Å². The van der Waals surface area contributed by atoms with Crippen LogP contribution in [0.2, 0.25) is 0 Å². The molecule has 5 heteroatoms. The van der Waals surface area contributed by atoms with Crippen LogP contribution in [-0.2, 0) is 11.2 Å². The first-order valence-corrected chi connectivity index (χ1v) is 7.66. The Labute approximate surface area is 132 Å². The molecule has 0 atom stereocenters. The number of rotatable bonds is 9. The summed E-state index contributed by atoms with van der Waals surface area (Å²) in [5.41, 5.74) is 1.34. The van der Waals surface area contributed by atoms with Gasteiger partial charge in [-0.25, -0.2) is 4.79 Å². The lowest BCUT2D eigenvalue weighted by molar-refractivity contribution is -0.136. The van der Waals surface area contributed by atoms with Crippen molar-refractivity contribution in [3.63, 3.8) is 0 Å². The molecule has 3 N–H and O–H groups in total. The summed E-state index contributed by atoms with van der Waals surface area (Å²) in [6.07, 6.45) is 3.06. The third-order valence-corrected chi connectivity index (χ3v) is 3.51. The van der Waals surface area contributed by atoms with Crippen molar-refractivity contribution >= 4 is 12.0 Å². The van der Waals surface area contributed by atoms with E-state index in [-0.39, 0.29) is 24.4 Å². The molecule has 0 aromatic heterocycles. The fourth-order valence-electron chi connectivity index (χ4n) is 2.17. The van der Waals surface area contributed by atoms with Crippen LogP contribution in [0.5, 0.6) is 0 Å². The Bertz CT molecular complexity index is 472. The second-order valence-electron chi connectivity index (χ2n) is 6.26. The molecule has 0 unspecified atom stereocenters. The number of aliphatic carboxylic acids is 1. The Morgan fingerprint density at radius 3 is 2.45 bits per heavy atom. The van der Waals surface area contributed by atoms with Gasteiger partial charge in [-0.05, 0) is 30.2 Å². The van der Waals surface area contributed by atoms with Crippen LogP contribution in [0.3, 0.4) is 0 Å². The lowest BCUT2D eigenvalue weighted by Crippen LogP contribution is -2.41. The Hall–Kier alpha value is -2.04. The van der Waals surface area contributed by atoms with Gasteiger partial charge in [-0.2, -0.15) is 0 Å². The molecule has 0 saturated heterocycles. The van der Waals surface area contributed by atoms with Crippen molar-refractivity contribution < 1.29 is 14.7 Å². The molecule has 0 aliphatic carbocycles. The largest absolute Gasteiger partial charge is 0.481 e. The molecule has 0 spiro atoms. The normalized spacial score (nSPS) is 11.0. The molecule has 0 aliphatic heterocycles. The number of carboxylic acid groups (broad SMARTS) is 1. The van der Waals surface area contributed by atoms with Crippen LogP contribution >= 0.6 is 0 Å². The summed E-state index contributed by atoms with van der Waals surface area (Å²) in [5.74, 6) is -0.915. The molecular formula is C17H26N2O3. The third-order valence-electron chi connectivity index (χ3n) is 3.51. The van der Waals surface area contributed by atoms with Crippen molar-refractivity contribution in [2.75, 3.05) is 13.1 Å². The molecule has 122 valence electrons. The minimum absolute atomic E-state index is 0.0128. The van der Waals surface area contributed by atoms with Crippen LogP contribution in [0.4, 0.5) is 4.79 Å². The van der Waals surface area contributed by atoms with E-state index in [1.165, 1.54) is 5.56 Å². The molecule has 5 nitrogen and oxygen atoms in total. The number of carbonyl (C=O) groups is 2. The minimum Gasteiger partial charge on any atom is -0.481 e. The van der Waals surface area contributed by atoms with E-state index < -0.39 is 5.97 Å². The predicted octanol–water partition coefficient (Wildman–Crippen LogP) is 2.81. The smallest absolute Gasteiger partial charge is 0.314 e. The van der Waals surface area contributed by atoms with Gasteiger partial charge in [0.2, 0.25) is 0 Å². The van der Waals surface area contributed by atoms with Gasteiger partial charge >= 0.3 is 12.0 Å². The SMILES string of the molecule is CC(C)(CCCc1ccccc1)CNC(=O)NCCC(=O)O. The molecule has 2 amide bonds. The van der Waals surface area contributed by atoms with Crippen LogP contribution in [0.25, 0.3) is 0 Å². The van der Waals surface area contributed by atoms with Gasteiger partial charge in [-0.1, -0.05) is 44.2 Å². The van der Waals surface area contributed by atoms with Gasteiger partial charge in [0.1, 0.15) is 0 Å². The predicted molar refractivity (Wildman–Crippen MR) is 86.8 cm³/mol. The van der Waals surface area contributed by atoms with Crippen LogP contribution in [-0.4, -0.2) is 30.2 Å². The van der Waals surface area contributed by atoms with E-state index in [1.54, 1.807) is 0 Å². The number of hydrogen-bond acceptors (Lipinski definition) is 2. The van der Waals surface area contributed by atoms with E-state index in [2.05, 4.69) is 36.6 Å². The average Bonchev–Trinajstić information content (AvgIpc) is 2.46. The van der Waals surface area contributed by atoms with Crippen LogP contribution in [0.15, 0.2) is 30.3 Å². The fourth-order valence-corrected chi connectivity index (χ4v) is 2.17. The number of aryl methyl sites for hydroxylation is 1. The number of amides is 2. The first-order chi connectivity index (χ1) is 10.4. The van der Waals surface area contributed by atoms with Gasteiger partial charge < -0.3 is 15.7 Å². The summed E-state index contributed by atoms with van der Waals surface area (Å²) in [7, 11) is 0. The second kappa shape index (κ2) is 9.07.